The van der Waals surface area contributed by atoms with Crippen LogP contribution in [0.3, 0.4) is 0 Å². The molecule has 1 saturated heterocycles. The molecule has 3 heterocycles. The number of carboxylic acid groups (broad SMARTS) is 1. The van der Waals surface area contributed by atoms with Gasteiger partial charge in [-0.05, 0) is 61.6 Å². The zero-order chi connectivity index (χ0) is 22.9. The van der Waals surface area contributed by atoms with Gasteiger partial charge in [-0.3, -0.25) is 0 Å². The van der Waals surface area contributed by atoms with E-state index >= 15 is 0 Å². The predicted octanol–water partition coefficient (Wildman–Crippen LogP) is 4.34. The second-order valence-corrected chi connectivity index (χ2v) is 8.48. The number of nitrogens with one attached hydrogen (secondary N) is 1. The van der Waals surface area contributed by atoms with Crippen LogP contribution in [-0.4, -0.2) is 43.9 Å². The molecule has 5 rings (SSSR count). The highest BCUT2D eigenvalue weighted by Crippen LogP contribution is 2.30. The fraction of sp³-hybridized carbons (Fsp3) is 0.280. The lowest BCUT2D eigenvalue weighted by molar-refractivity contribution is 0.0697. The fourth-order valence-electron chi connectivity index (χ4n) is 4.34. The third-order valence-corrected chi connectivity index (χ3v) is 6.22. The SMILES string of the molecule is Cc1cccc(C)c1CNc1ccc2nc(-n3cc(C(=O)O)cn3)nc(N3CCCC3)c2c1. The van der Waals surface area contributed by atoms with Crippen LogP contribution in [0.1, 0.15) is 39.9 Å². The molecule has 8 nitrogen and oxygen atoms in total. The lowest BCUT2D eigenvalue weighted by atomic mass is 10.0. The van der Waals surface area contributed by atoms with Crippen molar-refractivity contribution < 1.29 is 9.90 Å². The first-order chi connectivity index (χ1) is 16.0. The smallest absolute Gasteiger partial charge is 0.338 e. The Morgan fingerprint density at radius 3 is 2.55 bits per heavy atom. The van der Waals surface area contributed by atoms with Crippen LogP contribution in [0.4, 0.5) is 11.5 Å². The second kappa shape index (κ2) is 8.54. The molecule has 2 aromatic heterocycles. The molecular formula is C25H26N6O2. The molecule has 1 aliphatic heterocycles. The Bertz CT molecular complexity index is 1320. The van der Waals surface area contributed by atoms with E-state index in [9.17, 15) is 9.90 Å². The van der Waals surface area contributed by atoms with Gasteiger partial charge in [-0.2, -0.15) is 10.1 Å². The molecule has 4 aromatic rings. The van der Waals surface area contributed by atoms with Gasteiger partial charge in [-0.25, -0.2) is 14.5 Å². The molecule has 0 radical (unpaired) electrons. The summed E-state index contributed by atoms with van der Waals surface area (Å²) in [7, 11) is 0. The number of rotatable bonds is 6. The molecule has 2 aromatic carbocycles. The van der Waals surface area contributed by atoms with Crippen molar-refractivity contribution in [3.63, 3.8) is 0 Å². The molecule has 0 unspecified atom stereocenters. The molecule has 0 bridgehead atoms. The summed E-state index contributed by atoms with van der Waals surface area (Å²) in [4.78, 5) is 23.0. The van der Waals surface area contributed by atoms with Crippen molar-refractivity contribution in [1.29, 1.82) is 0 Å². The molecular weight excluding hydrogens is 416 g/mol. The van der Waals surface area contributed by atoms with E-state index in [-0.39, 0.29) is 5.56 Å². The van der Waals surface area contributed by atoms with Gasteiger partial charge in [0, 0.05) is 36.9 Å². The van der Waals surface area contributed by atoms with Gasteiger partial charge in [0.1, 0.15) is 5.82 Å². The third-order valence-electron chi connectivity index (χ3n) is 6.22. The molecule has 0 spiro atoms. The number of hydrogen-bond acceptors (Lipinski definition) is 6. The molecule has 8 heteroatoms. The molecule has 168 valence electrons. The summed E-state index contributed by atoms with van der Waals surface area (Å²) in [6.45, 7) is 6.88. The van der Waals surface area contributed by atoms with Crippen LogP contribution >= 0.6 is 0 Å². The number of carbonyl (C=O) groups is 1. The van der Waals surface area contributed by atoms with Crippen molar-refractivity contribution in [2.24, 2.45) is 0 Å². The predicted molar refractivity (Wildman–Crippen MR) is 128 cm³/mol. The molecule has 2 N–H and O–H groups in total. The van der Waals surface area contributed by atoms with Crippen molar-refractivity contribution in [3.8, 4) is 5.95 Å². The highest BCUT2D eigenvalue weighted by molar-refractivity contribution is 5.93. The molecule has 0 saturated carbocycles. The second-order valence-electron chi connectivity index (χ2n) is 8.48. The number of benzene rings is 2. The minimum Gasteiger partial charge on any atom is -0.478 e. The van der Waals surface area contributed by atoms with Gasteiger partial charge >= 0.3 is 5.97 Å². The summed E-state index contributed by atoms with van der Waals surface area (Å²) >= 11 is 0. The van der Waals surface area contributed by atoms with E-state index in [1.165, 1.54) is 33.8 Å². The van der Waals surface area contributed by atoms with E-state index in [2.05, 4.69) is 58.4 Å². The van der Waals surface area contributed by atoms with Crippen molar-refractivity contribution in [1.82, 2.24) is 19.7 Å². The molecule has 1 fully saturated rings. The van der Waals surface area contributed by atoms with Gasteiger partial charge in [0.2, 0.25) is 0 Å². The van der Waals surface area contributed by atoms with Crippen LogP contribution < -0.4 is 10.2 Å². The number of fused-ring (bicyclic) bond motifs is 1. The summed E-state index contributed by atoms with van der Waals surface area (Å²) in [6.07, 6.45) is 5.00. The normalized spacial score (nSPS) is 13.6. The highest BCUT2D eigenvalue weighted by atomic mass is 16.4. The average Bonchev–Trinajstić information content (AvgIpc) is 3.51. The van der Waals surface area contributed by atoms with E-state index in [1.807, 2.05) is 12.1 Å². The van der Waals surface area contributed by atoms with Gasteiger partial charge in [0.25, 0.3) is 5.95 Å². The van der Waals surface area contributed by atoms with Crippen molar-refractivity contribution in [2.45, 2.75) is 33.2 Å². The number of anilines is 2. The van der Waals surface area contributed by atoms with Crippen molar-refractivity contribution in [3.05, 3.63) is 71.0 Å². The van der Waals surface area contributed by atoms with Crippen molar-refractivity contribution in [2.75, 3.05) is 23.3 Å². The summed E-state index contributed by atoms with van der Waals surface area (Å²) in [5, 5.41) is 17.9. The third kappa shape index (κ3) is 4.11. The number of aromatic nitrogens is 4. The summed E-state index contributed by atoms with van der Waals surface area (Å²) in [5.41, 5.74) is 5.76. The van der Waals surface area contributed by atoms with Gasteiger partial charge in [0.05, 0.1) is 17.3 Å². The maximum Gasteiger partial charge on any atom is 0.338 e. The largest absolute Gasteiger partial charge is 0.478 e. The zero-order valence-electron chi connectivity index (χ0n) is 18.7. The Balaban J connectivity index is 1.53. The van der Waals surface area contributed by atoms with Crippen LogP contribution in [-0.2, 0) is 6.54 Å². The van der Waals surface area contributed by atoms with E-state index in [0.29, 0.717) is 5.95 Å². The van der Waals surface area contributed by atoms with E-state index in [4.69, 9.17) is 4.98 Å². The molecule has 33 heavy (non-hydrogen) atoms. The molecule has 0 aliphatic carbocycles. The van der Waals surface area contributed by atoms with Crippen LogP contribution in [0.2, 0.25) is 0 Å². The number of hydrogen-bond donors (Lipinski definition) is 2. The van der Waals surface area contributed by atoms with Gasteiger partial charge < -0.3 is 15.3 Å². The summed E-state index contributed by atoms with van der Waals surface area (Å²) in [5.74, 6) is 0.199. The highest BCUT2D eigenvalue weighted by Gasteiger charge is 2.20. The molecule has 1 aliphatic rings. The summed E-state index contributed by atoms with van der Waals surface area (Å²) in [6, 6.07) is 12.5. The Labute approximate surface area is 191 Å². The minimum absolute atomic E-state index is 0.104. The van der Waals surface area contributed by atoms with Crippen LogP contribution in [0, 0.1) is 13.8 Å². The Hall–Kier alpha value is -3.94. The van der Waals surface area contributed by atoms with Crippen molar-refractivity contribution >= 4 is 28.4 Å². The van der Waals surface area contributed by atoms with Crippen LogP contribution in [0.25, 0.3) is 16.9 Å². The lowest BCUT2D eigenvalue weighted by Gasteiger charge is -2.20. The Kier molecular flexibility index (Phi) is 5.42. The first-order valence-corrected chi connectivity index (χ1v) is 11.1. The average molecular weight is 443 g/mol. The van der Waals surface area contributed by atoms with Crippen LogP contribution in [0.5, 0.6) is 0 Å². The molecule has 0 amide bonds. The van der Waals surface area contributed by atoms with Gasteiger partial charge in [0.15, 0.2) is 0 Å². The topological polar surface area (TPSA) is 96.2 Å². The standard InChI is InChI=1S/C25H26N6O2/c1-16-6-5-7-17(2)21(16)14-26-19-8-9-22-20(12-19)23(30-10-3-4-11-30)29-25(28-22)31-15-18(13-27-31)24(32)33/h5-9,12-13,15,26H,3-4,10-11,14H2,1-2H3,(H,32,33). The fourth-order valence-corrected chi connectivity index (χ4v) is 4.34. The summed E-state index contributed by atoms with van der Waals surface area (Å²) < 4.78 is 1.43. The van der Waals surface area contributed by atoms with Crippen LogP contribution in [0.15, 0.2) is 48.8 Å². The number of aryl methyl sites for hydroxylation is 2. The quantitative estimate of drug-likeness (QED) is 0.458. The molecule has 0 atom stereocenters. The zero-order valence-corrected chi connectivity index (χ0v) is 18.7. The maximum atomic E-state index is 11.3. The van der Waals surface area contributed by atoms with E-state index < -0.39 is 5.97 Å². The number of aromatic carboxylic acids is 1. The van der Waals surface area contributed by atoms with Gasteiger partial charge in [-0.15, -0.1) is 0 Å². The maximum absolute atomic E-state index is 11.3. The number of carboxylic acids is 1. The van der Waals surface area contributed by atoms with E-state index in [0.717, 1.165) is 54.9 Å². The minimum atomic E-state index is -1.03. The lowest BCUT2D eigenvalue weighted by Crippen LogP contribution is -2.20. The Morgan fingerprint density at radius 2 is 1.85 bits per heavy atom. The Morgan fingerprint density at radius 1 is 1.09 bits per heavy atom. The number of nitrogens with zero attached hydrogens (tertiary/aromatic N) is 5. The monoisotopic (exact) mass is 442 g/mol. The van der Waals surface area contributed by atoms with E-state index in [1.54, 1.807) is 0 Å². The first kappa shape index (κ1) is 20.9. The first-order valence-electron chi connectivity index (χ1n) is 11.1. The van der Waals surface area contributed by atoms with Gasteiger partial charge in [-0.1, -0.05) is 18.2 Å².